The minimum atomic E-state index is -2.61. The second kappa shape index (κ2) is 35.1. The number of hydrogen-bond acceptors (Lipinski definition) is 10. The van der Waals surface area contributed by atoms with Crippen molar-refractivity contribution in [1.82, 2.24) is 13.7 Å². The average molecular weight is 1600 g/mol. The summed E-state index contributed by atoms with van der Waals surface area (Å²) in [6.07, 6.45) is 0.801. The van der Waals surface area contributed by atoms with Crippen LogP contribution in [-0.4, -0.2) is 31.6 Å². The smallest absolute Gasteiger partial charge is 0.344 e. The lowest BCUT2D eigenvalue weighted by Crippen LogP contribution is -2.10. The summed E-state index contributed by atoms with van der Waals surface area (Å²) in [7, 11) is 0. The predicted molar refractivity (Wildman–Crippen MR) is 440 cm³/mol. The molecule has 0 saturated heterocycles. The molecule has 15 rings (SSSR count). The fourth-order valence-electron chi connectivity index (χ4n) is 14.9. The highest BCUT2D eigenvalue weighted by molar-refractivity contribution is 6.12. The fourth-order valence-corrected chi connectivity index (χ4v) is 14.9. The van der Waals surface area contributed by atoms with Crippen LogP contribution in [-0.2, 0) is 53.3 Å². The molecular weight excluding hydrogens is 1520 g/mol. The Morgan fingerprint density at radius 2 is 0.500 bits per heavy atom. The van der Waals surface area contributed by atoms with E-state index in [4.69, 9.17) is 14.2 Å². The number of benzene rings is 12. The number of hydrogen-bond donors (Lipinski definition) is 0. The van der Waals surface area contributed by atoms with Crippen molar-refractivity contribution in [2.24, 2.45) is 0 Å². The highest BCUT2D eigenvalue weighted by Crippen LogP contribution is 2.43. The number of nitrogens with zero attached hydrogens (tertiary/aromatic N) is 4. The largest absolute Gasteiger partial charge is 0.457 e. The van der Waals surface area contributed by atoms with Crippen molar-refractivity contribution in [2.45, 2.75) is 98.4 Å². The lowest BCUT2D eigenvalue weighted by molar-refractivity contribution is 0.0464. The van der Waals surface area contributed by atoms with Gasteiger partial charge in [-0.1, -0.05) is 76.4 Å². The number of unbranched alkanes of at least 4 members (excludes halogenated alkanes) is 3. The summed E-state index contributed by atoms with van der Waals surface area (Å²) < 4.78 is 155. The van der Waals surface area contributed by atoms with E-state index in [-0.39, 0.29) is 53.8 Å². The topological polar surface area (TPSA) is 125 Å². The molecule has 0 saturated carbocycles. The molecule has 596 valence electrons. The fraction of sp³-hybridized carbons (Fsp3) is 0.156. The van der Waals surface area contributed by atoms with E-state index < -0.39 is 54.2 Å². The van der Waals surface area contributed by atoms with Crippen LogP contribution in [0.1, 0.15) is 124 Å². The zero-order valence-electron chi connectivity index (χ0n) is 64.1. The van der Waals surface area contributed by atoms with Crippen LogP contribution >= 0.6 is 0 Å². The molecule has 0 aliphatic heterocycles. The third-order valence-electron chi connectivity index (χ3n) is 20.7. The summed E-state index contributed by atoms with van der Waals surface area (Å²) in [4.78, 5) is 42.3. The van der Waals surface area contributed by atoms with Gasteiger partial charge in [-0.3, -0.25) is 0 Å². The number of aryl methyl sites for hydroxylation is 3. The Kier molecular flexibility index (Phi) is 23.7. The van der Waals surface area contributed by atoms with Gasteiger partial charge in [-0.2, -0.15) is 39.5 Å². The molecule has 0 amide bonds. The normalized spacial score (nSPS) is 11.4. The Balaban J connectivity index is 0.784. The summed E-state index contributed by atoms with van der Waals surface area (Å²) in [6.45, 7) is 6.19. The Hall–Kier alpha value is -13.8. The summed E-state index contributed by atoms with van der Waals surface area (Å²) >= 11 is 0. The van der Waals surface area contributed by atoms with Crippen LogP contribution in [0.15, 0.2) is 291 Å². The number of aromatic nitrogens is 3. The number of ether oxygens (including phenoxy) is 6. The van der Waals surface area contributed by atoms with Crippen LogP contribution in [0.3, 0.4) is 0 Å². The lowest BCUT2D eigenvalue weighted by atomic mass is 10.0. The molecule has 15 aromatic rings. The van der Waals surface area contributed by atoms with Gasteiger partial charge in [0.05, 0.1) is 49.8 Å². The van der Waals surface area contributed by atoms with E-state index in [1.165, 1.54) is 89.5 Å². The first-order valence-corrected chi connectivity index (χ1v) is 38.5. The first-order chi connectivity index (χ1) is 57.3. The zero-order chi connectivity index (χ0) is 82.3. The van der Waals surface area contributed by atoms with Gasteiger partial charge in [-0.15, -0.1) is 0 Å². The van der Waals surface area contributed by atoms with Crippen LogP contribution in [0.4, 0.5) is 56.6 Å². The second-order valence-corrected chi connectivity index (χ2v) is 28.5. The van der Waals surface area contributed by atoms with Gasteiger partial charge in [-0.05, 0) is 290 Å². The average Bonchev–Trinajstić information content (AvgIpc) is 1.61. The third kappa shape index (κ3) is 17.1. The van der Waals surface area contributed by atoms with E-state index in [2.05, 4.69) is 181 Å². The minimum absolute atomic E-state index is 0.0915. The number of fused-ring (bicyclic) bond motifs is 9. The third-order valence-corrected chi connectivity index (χ3v) is 20.7. The molecule has 0 N–H and O–H groups in total. The van der Waals surface area contributed by atoms with Gasteiger partial charge >= 0.3 is 54.2 Å². The molecule has 0 bridgehead atoms. The molecule has 0 spiro atoms. The van der Waals surface area contributed by atoms with Crippen molar-refractivity contribution >= 4 is 100 Å². The molecule has 12 aromatic carbocycles. The lowest BCUT2D eigenvalue weighted by Gasteiger charge is -2.26. The van der Waals surface area contributed by atoms with Crippen LogP contribution < -0.4 is 19.1 Å². The number of halogens is 9. The van der Waals surface area contributed by atoms with Gasteiger partial charge in [0.2, 0.25) is 0 Å². The quantitative estimate of drug-likeness (QED) is 0.0186. The summed E-state index contributed by atoms with van der Waals surface area (Å²) in [5.74, 6) is -2.71. The van der Waals surface area contributed by atoms with Crippen LogP contribution in [0.5, 0.6) is 17.2 Å². The van der Waals surface area contributed by atoms with Gasteiger partial charge in [-0.25, -0.2) is 14.4 Å². The molecule has 0 atom stereocenters. The highest BCUT2D eigenvalue weighted by Gasteiger charge is 2.24. The van der Waals surface area contributed by atoms with Gasteiger partial charge in [0.25, 0.3) is 0 Å². The van der Waals surface area contributed by atoms with Crippen molar-refractivity contribution in [1.29, 1.82) is 0 Å². The number of carbonyl (C=O) groups is 3. The van der Waals surface area contributed by atoms with Crippen molar-refractivity contribution in [3.63, 3.8) is 0 Å². The maximum atomic E-state index is 13.5. The molecule has 13 nitrogen and oxygen atoms in total. The van der Waals surface area contributed by atoms with E-state index in [0.29, 0.717) is 16.7 Å². The Labute approximate surface area is 671 Å². The number of rotatable bonds is 30. The van der Waals surface area contributed by atoms with Crippen molar-refractivity contribution in [3.05, 3.63) is 341 Å². The second-order valence-electron chi connectivity index (χ2n) is 28.5. The Morgan fingerprint density at radius 1 is 0.280 bits per heavy atom. The molecule has 22 heteroatoms. The molecule has 0 aliphatic carbocycles. The van der Waals surface area contributed by atoms with Gasteiger partial charge in [0.15, 0.2) is 0 Å². The summed E-state index contributed by atoms with van der Waals surface area (Å²) in [6, 6.07) is 71.4. The number of carbonyl (C=O) groups excluding carboxylic acids is 3. The molecule has 3 heterocycles. The first-order valence-electron chi connectivity index (χ1n) is 38.5. The summed E-state index contributed by atoms with van der Waals surface area (Å²) in [5.41, 5.74) is 16.7. The van der Waals surface area contributed by atoms with Crippen LogP contribution in [0.25, 0.3) is 82.5 Å². The molecular formula is C96H75F9N4O9. The molecule has 0 fully saturated rings. The molecule has 0 aliphatic rings. The standard InChI is InChI=1S/C96H75F9N4O9/c1-4-7-10-58-13-43-82-76(49-58)79-52-61(55-113-94(110)64-19-37-73(38-20-64)116-91(103)88(97)98)16-46-85(79)107(82)70-31-25-67(26-32-70)106(68-27-33-71(34-28-68)108-83-44-14-59(11-8-5-2)50-77(83)80-53-62(17-47-86(80)108)56-114-95(111)65-21-39-74(40-22-65)117-92(104)89(99)100)69-29-35-72(36-30-69)109-84-45-15-60(12-9-6-3)51-78(84)81-54-63(18-48-87(81)109)57-115-96(112)66-23-41-75(42-24-66)118-93(105)90(101)102/h13-54H,4-12,55-57H2,1-3H3. The number of esters is 3. The predicted octanol–water partition coefficient (Wildman–Crippen LogP) is 26.8. The van der Waals surface area contributed by atoms with Crippen LogP contribution in [0.2, 0.25) is 0 Å². The maximum Gasteiger partial charge on any atom is 0.344 e. The highest BCUT2D eigenvalue weighted by atomic mass is 19.3. The Morgan fingerprint density at radius 3 is 0.720 bits per heavy atom. The van der Waals surface area contributed by atoms with E-state index in [9.17, 15) is 53.9 Å². The van der Waals surface area contributed by atoms with Gasteiger partial charge in [0.1, 0.15) is 37.1 Å². The minimum Gasteiger partial charge on any atom is -0.457 e. The van der Waals surface area contributed by atoms with E-state index in [0.717, 1.165) is 157 Å². The first kappa shape index (κ1) is 79.5. The Bertz CT molecular complexity index is 5770. The monoisotopic (exact) mass is 1600 g/mol. The van der Waals surface area contributed by atoms with Crippen molar-refractivity contribution < 1.29 is 82.3 Å². The van der Waals surface area contributed by atoms with Crippen molar-refractivity contribution in [2.75, 3.05) is 4.90 Å². The zero-order valence-corrected chi connectivity index (χ0v) is 64.1. The maximum absolute atomic E-state index is 13.5. The van der Waals surface area contributed by atoms with E-state index in [1.807, 2.05) is 54.6 Å². The molecule has 0 radical (unpaired) electrons. The molecule has 118 heavy (non-hydrogen) atoms. The SMILES string of the molecule is CCCCc1ccc2c(c1)c1cc(COC(=O)c3ccc(OC(F)=C(F)F)cc3)ccc1n2-c1ccc(N(c2ccc(-n3c4ccc(CCCC)cc4c4cc(COC(=O)c5ccc(OC(F)=C(F)F)cc5)ccc43)cc2)c2ccc(-n3c4ccc(CCCC)cc4c4cc(COC(=O)c5ccc(OC(F)=C(F)F)cc5)ccc43)cc2)cc1. The van der Waals surface area contributed by atoms with Gasteiger partial charge < -0.3 is 47.0 Å². The number of anilines is 3. The molecule has 0 unspecified atom stereocenters. The van der Waals surface area contributed by atoms with Crippen molar-refractivity contribution in [3.8, 4) is 34.3 Å². The molecule has 3 aromatic heterocycles. The van der Waals surface area contributed by atoms with E-state index in [1.54, 1.807) is 0 Å². The van der Waals surface area contributed by atoms with E-state index >= 15 is 0 Å². The summed E-state index contributed by atoms with van der Waals surface area (Å²) in [5, 5.41) is 5.79. The van der Waals surface area contributed by atoms with Gasteiger partial charge in [0, 0.05) is 66.4 Å². The van der Waals surface area contributed by atoms with Crippen LogP contribution in [0, 0.1) is 0 Å².